The van der Waals surface area contributed by atoms with Gasteiger partial charge in [0.15, 0.2) is 5.82 Å². The monoisotopic (exact) mass is 434 g/mol. The van der Waals surface area contributed by atoms with Crippen LogP contribution in [0.3, 0.4) is 0 Å². The lowest BCUT2D eigenvalue weighted by Crippen LogP contribution is -2.35. The second kappa shape index (κ2) is 8.24. The van der Waals surface area contributed by atoms with Gasteiger partial charge in [-0.05, 0) is 44.4 Å². The number of benzene rings is 1. The fraction of sp³-hybridized carbons (Fsp3) is 0.476. The summed E-state index contributed by atoms with van der Waals surface area (Å²) in [6.07, 6.45) is 0.925. The van der Waals surface area contributed by atoms with E-state index in [1.165, 1.54) is 0 Å². The lowest BCUT2D eigenvalue weighted by atomic mass is 9.85. The van der Waals surface area contributed by atoms with Gasteiger partial charge in [-0.25, -0.2) is 9.67 Å². The van der Waals surface area contributed by atoms with Crippen molar-refractivity contribution < 1.29 is 17.9 Å². The summed E-state index contributed by atoms with van der Waals surface area (Å²) in [5.41, 5.74) is 2.48. The SMILES string of the molecule is COc1cc(-c2nc(N[C@H]3CCC[C@H](C(F)(F)F)C3)n(C)n2)ccc1-n1cnc(C)c1. The number of methoxy groups -OCH3 is 1. The summed E-state index contributed by atoms with van der Waals surface area (Å²) in [6, 6.07) is 5.34. The van der Waals surface area contributed by atoms with Crippen molar-refractivity contribution >= 4 is 5.95 Å². The maximum absolute atomic E-state index is 13.1. The largest absolute Gasteiger partial charge is 0.495 e. The van der Waals surface area contributed by atoms with Crippen LogP contribution in [0.5, 0.6) is 5.75 Å². The number of rotatable bonds is 5. The number of nitrogens with zero attached hydrogens (tertiary/aromatic N) is 5. The number of alkyl halides is 3. The summed E-state index contributed by atoms with van der Waals surface area (Å²) < 4.78 is 48.3. The van der Waals surface area contributed by atoms with Crippen LogP contribution < -0.4 is 10.1 Å². The van der Waals surface area contributed by atoms with Crippen molar-refractivity contribution in [2.24, 2.45) is 13.0 Å². The maximum atomic E-state index is 13.1. The zero-order valence-corrected chi connectivity index (χ0v) is 17.6. The van der Waals surface area contributed by atoms with Crippen LogP contribution in [-0.2, 0) is 7.05 Å². The first kappa shape index (κ1) is 21.2. The Labute approximate surface area is 178 Å². The third-order valence-electron chi connectivity index (χ3n) is 5.66. The van der Waals surface area contributed by atoms with Crippen LogP contribution in [0.4, 0.5) is 19.1 Å². The summed E-state index contributed by atoms with van der Waals surface area (Å²) in [7, 11) is 3.31. The van der Waals surface area contributed by atoms with E-state index in [4.69, 9.17) is 4.74 Å². The average Bonchev–Trinajstić information content (AvgIpc) is 3.33. The molecule has 3 aromatic rings. The van der Waals surface area contributed by atoms with Crippen LogP contribution in [0.1, 0.15) is 31.4 Å². The van der Waals surface area contributed by atoms with E-state index >= 15 is 0 Å². The molecule has 10 heteroatoms. The molecular weight excluding hydrogens is 409 g/mol. The molecule has 166 valence electrons. The molecule has 0 spiro atoms. The van der Waals surface area contributed by atoms with Gasteiger partial charge in [0.2, 0.25) is 5.95 Å². The van der Waals surface area contributed by atoms with Gasteiger partial charge in [0.1, 0.15) is 5.75 Å². The predicted molar refractivity (Wildman–Crippen MR) is 110 cm³/mol. The molecule has 4 rings (SSSR count). The van der Waals surface area contributed by atoms with Gasteiger partial charge in [-0.15, -0.1) is 5.10 Å². The van der Waals surface area contributed by atoms with Crippen molar-refractivity contribution in [1.82, 2.24) is 24.3 Å². The number of aromatic nitrogens is 5. The molecule has 31 heavy (non-hydrogen) atoms. The second-order valence-corrected chi connectivity index (χ2v) is 7.94. The fourth-order valence-corrected chi connectivity index (χ4v) is 4.02. The summed E-state index contributed by atoms with van der Waals surface area (Å²) in [5, 5.41) is 7.60. The van der Waals surface area contributed by atoms with Crippen LogP contribution >= 0.6 is 0 Å². The van der Waals surface area contributed by atoms with Crippen LogP contribution in [0.2, 0.25) is 0 Å². The Morgan fingerprint density at radius 2 is 2.03 bits per heavy atom. The highest BCUT2D eigenvalue weighted by Gasteiger charge is 2.42. The fourth-order valence-electron chi connectivity index (χ4n) is 4.02. The molecule has 0 aliphatic heterocycles. The first-order valence-corrected chi connectivity index (χ1v) is 10.2. The Morgan fingerprint density at radius 1 is 1.23 bits per heavy atom. The van der Waals surface area contributed by atoms with Gasteiger partial charge in [-0.3, -0.25) is 0 Å². The highest BCUT2D eigenvalue weighted by atomic mass is 19.4. The van der Waals surface area contributed by atoms with Gasteiger partial charge in [0, 0.05) is 24.8 Å². The first-order valence-electron chi connectivity index (χ1n) is 10.2. The molecule has 2 aromatic heterocycles. The molecule has 0 saturated heterocycles. The minimum absolute atomic E-state index is 0.0541. The molecule has 1 aromatic carbocycles. The Balaban J connectivity index is 1.55. The number of ether oxygens (including phenoxy) is 1. The molecule has 0 unspecified atom stereocenters. The number of hydrogen-bond donors (Lipinski definition) is 1. The van der Waals surface area contributed by atoms with Crippen LogP contribution in [0, 0.1) is 12.8 Å². The topological polar surface area (TPSA) is 69.8 Å². The van der Waals surface area contributed by atoms with Crippen molar-refractivity contribution in [3.8, 4) is 22.8 Å². The number of nitrogens with one attached hydrogen (secondary N) is 1. The van der Waals surface area contributed by atoms with Crippen LogP contribution in [-0.4, -0.2) is 43.6 Å². The molecule has 2 atom stereocenters. The molecule has 2 heterocycles. The van der Waals surface area contributed by atoms with Crippen molar-refractivity contribution in [1.29, 1.82) is 0 Å². The predicted octanol–water partition coefficient (Wildman–Crippen LogP) is 4.52. The number of hydrogen-bond acceptors (Lipinski definition) is 5. The quantitative estimate of drug-likeness (QED) is 0.640. The average molecular weight is 434 g/mol. The number of imidazole rings is 1. The highest BCUT2D eigenvalue weighted by Crippen LogP contribution is 2.38. The molecule has 0 bridgehead atoms. The molecular formula is C21H25F3N6O. The Hall–Kier alpha value is -3.04. The van der Waals surface area contributed by atoms with Crippen molar-refractivity contribution in [2.45, 2.75) is 44.8 Å². The van der Waals surface area contributed by atoms with Gasteiger partial charge >= 0.3 is 6.18 Å². The van der Waals surface area contributed by atoms with Gasteiger partial charge < -0.3 is 14.6 Å². The van der Waals surface area contributed by atoms with E-state index in [9.17, 15) is 13.2 Å². The smallest absolute Gasteiger partial charge is 0.391 e. The summed E-state index contributed by atoms with van der Waals surface area (Å²) in [6.45, 7) is 1.91. The lowest BCUT2D eigenvalue weighted by molar-refractivity contribution is -0.182. The Kier molecular flexibility index (Phi) is 5.63. The number of halogens is 3. The molecule has 1 fully saturated rings. The molecule has 0 radical (unpaired) electrons. The van der Waals surface area contributed by atoms with E-state index < -0.39 is 12.1 Å². The number of aryl methyl sites for hydroxylation is 2. The van der Waals surface area contributed by atoms with E-state index in [2.05, 4.69) is 20.4 Å². The zero-order valence-electron chi connectivity index (χ0n) is 17.6. The van der Waals surface area contributed by atoms with Gasteiger partial charge in [-0.2, -0.15) is 18.2 Å². The second-order valence-electron chi connectivity index (χ2n) is 7.94. The van der Waals surface area contributed by atoms with E-state index in [-0.39, 0.29) is 18.9 Å². The van der Waals surface area contributed by atoms with Crippen molar-refractivity contribution in [3.63, 3.8) is 0 Å². The third-order valence-corrected chi connectivity index (χ3v) is 5.66. The molecule has 7 nitrogen and oxygen atoms in total. The summed E-state index contributed by atoms with van der Waals surface area (Å²) in [4.78, 5) is 8.77. The maximum Gasteiger partial charge on any atom is 0.391 e. The lowest BCUT2D eigenvalue weighted by Gasteiger charge is -2.31. The Morgan fingerprint density at radius 3 is 2.71 bits per heavy atom. The summed E-state index contributed by atoms with van der Waals surface area (Å²) >= 11 is 0. The van der Waals surface area contributed by atoms with Crippen molar-refractivity contribution in [3.05, 3.63) is 36.4 Å². The van der Waals surface area contributed by atoms with Crippen LogP contribution in [0.25, 0.3) is 17.1 Å². The van der Waals surface area contributed by atoms with Gasteiger partial charge in [0.25, 0.3) is 0 Å². The van der Waals surface area contributed by atoms with E-state index in [0.29, 0.717) is 30.4 Å². The van der Waals surface area contributed by atoms with Gasteiger partial charge in [-0.1, -0.05) is 6.42 Å². The molecule has 1 aliphatic rings. The summed E-state index contributed by atoms with van der Waals surface area (Å²) in [5.74, 6) is 0.295. The molecule has 1 saturated carbocycles. The third kappa shape index (κ3) is 4.52. The first-order chi connectivity index (χ1) is 14.7. The number of anilines is 1. The van der Waals surface area contributed by atoms with E-state index in [1.807, 2.05) is 35.9 Å². The molecule has 1 aliphatic carbocycles. The molecule has 0 amide bonds. The molecule has 1 N–H and O–H groups in total. The van der Waals surface area contributed by atoms with Crippen LogP contribution in [0.15, 0.2) is 30.7 Å². The van der Waals surface area contributed by atoms with E-state index in [0.717, 1.165) is 16.9 Å². The minimum Gasteiger partial charge on any atom is -0.495 e. The Bertz CT molecular complexity index is 1060. The van der Waals surface area contributed by atoms with E-state index in [1.54, 1.807) is 25.2 Å². The normalized spacial score (nSPS) is 19.4. The zero-order chi connectivity index (χ0) is 22.2. The standard InChI is InChI=1S/C21H25F3N6O/c1-13-11-30(12-25-13)17-8-7-14(9-18(17)31-3)19-27-20(29(2)28-19)26-16-6-4-5-15(10-16)21(22,23)24/h7-9,11-12,15-16H,4-6,10H2,1-3H3,(H,26,27,28)/t15-,16-/m0/s1. The minimum atomic E-state index is -4.16. The van der Waals surface area contributed by atoms with Crippen molar-refractivity contribution in [2.75, 3.05) is 12.4 Å². The van der Waals surface area contributed by atoms with Gasteiger partial charge in [0.05, 0.1) is 30.7 Å². The highest BCUT2D eigenvalue weighted by molar-refractivity contribution is 5.63.